The molecule has 0 heterocycles. The molecule has 0 unspecified atom stereocenters. The maximum Gasteiger partial charge on any atom is 0.123 e. The highest BCUT2D eigenvalue weighted by Crippen LogP contribution is 2.36. The second kappa shape index (κ2) is 15.0. The maximum atomic E-state index is 13.3. The standard InChI is InChI=1S/C34H47FNO3.BrH/c1-33(2,3)26-34(4,5)29-13-17-31(18-14-29)38-22-21-37-20-19-36(6,7)24-27-11-15-32(16-12-27)39-25-28-9-8-10-30(35)23-28;/h8-18,23H,19-22,24-26H2,1-7H3;1H/q+1;/p-1. The lowest BCUT2D eigenvalue weighted by Crippen LogP contribution is -3.00. The van der Waals surface area contributed by atoms with E-state index in [0.717, 1.165) is 41.1 Å². The van der Waals surface area contributed by atoms with Gasteiger partial charge in [-0.05, 0) is 76.9 Å². The number of nitrogens with zero attached hydrogens (tertiary/aromatic N) is 1. The van der Waals surface area contributed by atoms with Crippen LogP contribution in [0.4, 0.5) is 4.39 Å². The van der Waals surface area contributed by atoms with E-state index in [0.29, 0.717) is 26.4 Å². The second-order valence-electron chi connectivity index (χ2n) is 13.0. The van der Waals surface area contributed by atoms with E-state index < -0.39 is 0 Å². The van der Waals surface area contributed by atoms with Crippen LogP contribution in [0.5, 0.6) is 11.5 Å². The monoisotopic (exact) mass is 615 g/mol. The maximum absolute atomic E-state index is 13.3. The zero-order chi connectivity index (χ0) is 28.5. The Morgan fingerprint density at radius 3 is 1.98 bits per heavy atom. The van der Waals surface area contributed by atoms with Gasteiger partial charge < -0.3 is 35.7 Å². The molecule has 3 aromatic rings. The summed E-state index contributed by atoms with van der Waals surface area (Å²) in [5, 5.41) is 0. The molecular weight excluding hydrogens is 569 g/mol. The topological polar surface area (TPSA) is 27.7 Å². The van der Waals surface area contributed by atoms with Crippen molar-refractivity contribution in [3.05, 3.63) is 95.3 Å². The SMILES string of the molecule is CC(C)(C)CC(C)(C)c1ccc(OCCOCC[N+](C)(C)Cc2ccc(OCc3cccc(F)c3)cc2)cc1.[Br-]. The average Bonchev–Trinajstić information content (AvgIpc) is 2.84. The summed E-state index contributed by atoms with van der Waals surface area (Å²) in [6.45, 7) is 15.4. The number of rotatable bonds is 14. The van der Waals surface area contributed by atoms with Crippen LogP contribution >= 0.6 is 0 Å². The van der Waals surface area contributed by atoms with Crippen molar-refractivity contribution in [3.63, 3.8) is 0 Å². The summed E-state index contributed by atoms with van der Waals surface area (Å²) < 4.78 is 31.7. The average molecular weight is 617 g/mol. The van der Waals surface area contributed by atoms with E-state index >= 15 is 0 Å². The van der Waals surface area contributed by atoms with Crippen molar-refractivity contribution in [2.45, 2.75) is 59.6 Å². The highest BCUT2D eigenvalue weighted by atomic mass is 79.9. The molecule has 0 aliphatic rings. The molecule has 0 N–H and O–H groups in total. The smallest absolute Gasteiger partial charge is 0.123 e. The first kappa shape index (κ1) is 33.8. The molecule has 0 radical (unpaired) electrons. The van der Waals surface area contributed by atoms with Crippen molar-refractivity contribution in [2.75, 3.05) is 40.5 Å². The van der Waals surface area contributed by atoms with Gasteiger partial charge in [0.15, 0.2) is 0 Å². The minimum Gasteiger partial charge on any atom is -1.00 e. The fourth-order valence-corrected chi connectivity index (χ4v) is 5.12. The summed E-state index contributed by atoms with van der Waals surface area (Å²) in [7, 11) is 4.41. The predicted octanol–water partition coefficient (Wildman–Crippen LogP) is 4.79. The summed E-state index contributed by atoms with van der Waals surface area (Å²) >= 11 is 0. The van der Waals surface area contributed by atoms with Gasteiger partial charge in [0.25, 0.3) is 0 Å². The number of hydrogen-bond donors (Lipinski definition) is 0. The minimum atomic E-state index is -0.246. The van der Waals surface area contributed by atoms with Gasteiger partial charge in [0.1, 0.15) is 43.6 Å². The molecule has 220 valence electrons. The van der Waals surface area contributed by atoms with Gasteiger partial charge in [-0.25, -0.2) is 4.39 Å². The summed E-state index contributed by atoms with van der Waals surface area (Å²) in [5.41, 5.74) is 3.80. The van der Waals surface area contributed by atoms with Crippen LogP contribution in [0.3, 0.4) is 0 Å². The van der Waals surface area contributed by atoms with Crippen LogP contribution < -0.4 is 26.5 Å². The van der Waals surface area contributed by atoms with E-state index in [-0.39, 0.29) is 33.6 Å². The Labute approximate surface area is 251 Å². The molecule has 0 bridgehead atoms. The lowest BCUT2D eigenvalue weighted by molar-refractivity contribution is -0.904. The molecule has 0 atom stereocenters. The second-order valence-corrected chi connectivity index (χ2v) is 13.0. The van der Waals surface area contributed by atoms with Crippen molar-refractivity contribution >= 4 is 0 Å². The predicted molar refractivity (Wildman–Crippen MR) is 158 cm³/mol. The van der Waals surface area contributed by atoms with Crippen LogP contribution in [-0.2, 0) is 23.3 Å². The van der Waals surface area contributed by atoms with Crippen molar-refractivity contribution in [1.29, 1.82) is 0 Å². The third kappa shape index (κ3) is 12.0. The van der Waals surface area contributed by atoms with Gasteiger partial charge in [0.2, 0.25) is 0 Å². The molecule has 4 nitrogen and oxygen atoms in total. The summed E-state index contributed by atoms with van der Waals surface area (Å²) in [6, 6.07) is 23.1. The summed E-state index contributed by atoms with van der Waals surface area (Å²) in [5.74, 6) is 1.41. The minimum absolute atomic E-state index is 0. The van der Waals surface area contributed by atoms with Gasteiger partial charge in [-0.2, -0.15) is 0 Å². The zero-order valence-corrected chi connectivity index (χ0v) is 26.9. The van der Waals surface area contributed by atoms with Crippen LogP contribution in [-0.4, -0.2) is 44.9 Å². The van der Waals surface area contributed by atoms with Gasteiger partial charge >= 0.3 is 0 Å². The molecule has 6 heteroatoms. The zero-order valence-electron chi connectivity index (χ0n) is 25.3. The van der Waals surface area contributed by atoms with Crippen LogP contribution in [0.25, 0.3) is 0 Å². The molecule has 0 spiro atoms. The lowest BCUT2D eigenvalue weighted by Gasteiger charge is -2.33. The van der Waals surface area contributed by atoms with Gasteiger partial charge in [-0.15, -0.1) is 0 Å². The van der Waals surface area contributed by atoms with E-state index in [1.54, 1.807) is 6.07 Å². The van der Waals surface area contributed by atoms with E-state index in [2.05, 4.69) is 85.1 Å². The third-order valence-electron chi connectivity index (χ3n) is 6.77. The third-order valence-corrected chi connectivity index (χ3v) is 6.77. The highest BCUT2D eigenvalue weighted by molar-refractivity contribution is 5.32. The Morgan fingerprint density at radius 1 is 0.725 bits per heavy atom. The fourth-order valence-electron chi connectivity index (χ4n) is 5.12. The molecule has 3 aromatic carbocycles. The molecule has 0 amide bonds. The Balaban J connectivity index is 0.00000560. The van der Waals surface area contributed by atoms with E-state index in [1.165, 1.54) is 23.3 Å². The lowest BCUT2D eigenvalue weighted by atomic mass is 9.72. The van der Waals surface area contributed by atoms with E-state index in [1.807, 2.05) is 18.2 Å². The first-order valence-corrected chi connectivity index (χ1v) is 13.9. The molecular formula is C34H47BrFNO3. The molecule has 0 aliphatic carbocycles. The molecule has 0 saturated heterocycles. The van der Waals surface area contributed by atoms with Crippen molar-refractivity contribution < 1.29 is 40.1 Å². The normalized spacial score (nSPS) is 12.1. The quantitative estimate of drug-likeness (QED) is 0.193. The number of ether oxygens (including phenoxy) is 3. The number of quaternary nitrogens is 1. The van der Waals surface area contributed by atoms with Gasteiger partial charge in [-0.3, -0.25) is 0 Å². The first-order valence-electron chi connectivity index (χ1n) is 13.9. The van der Waals surface area contributed by atoms with Crippen molar-refractivity contribution in [1.82, 2.24) is 0 Å². The Kier molecular flexibility index (Phi) is 12.7. The van der Waals surface area contributed by atoms with Crippen LogP contribution in [0.1, 0.15) is 57.7 Å². The summed E-state index contributed by atoms with van der Waals surface area (Å²) in [4.78, 5) is 0. The van der Waals surface area contributed by atoms with Gasteiger partial charge in [0.05, 0.1) is 27.3 Å². The van der Waals surface area contributed by atoms with Crippen LogP contribution in [0.15, 0.2) is 72.8 Å². The van der Waals surface area contributed by atoms with Gasteiger partial charge in [0, 0.05) is 5.56 Å². The first-order chi connectivity index (χ1) is 18.3. The van der Waals surface area contributed by atoms with Crippen LogP contribution in [0, 0.1) is 11.2 Å². The Bertz CT molecular complexity index is 1160. The summed E-state index contributed by atoms with van der Waals surface area (Å²) in [6.07, 6.45) is 1.13. The molecule has 0 fully saturated rings. The van der Waals surface area contributed by atoms with Crippen LogP contribution in [0.2, 0.25) is 0 Å². The number of hydrogen-bond acceptors (Lipinski definition) is 3. The molecule has 0 aliphatic heterocycles. The molecule has 3 rings (SSSR count). The largest absolute Gasteiger partial charge is 1.00 e. The van der Waals surface area contributed by atoms with Gasteiger partial charge in [-0.1, -0.05) is 58.9 Å². The Hall–Kier alpha value is -2.41. The number of likely N-dealkylation sites (N-methyl/N-ethyl adjacent to an activating group) is 1. The highest BCUT2D eigenvalue weighted by Gasteiger charge is 2.27. The molecule has 0 aromatic heterocycles. The molecule has 40 heavy (non-hydrogen) atoms. The van der Waals surface area contributed by atoms with Crippen molar-refractivity contribution in [3.8, 4) is 11.5 Å². The van der Waals surface area contributed by atoms with E-state index in [9.17, 15) is 4.39 Å². The Morgan fingerprint density at radius 2 is 1.35 bits per heavy atom. The van der Waals surface area contributed by atoms with Crippen molar-refractivity contribution in [2.24, 2.45) is 5.41 Å². The number of halogens is 2. The van der Waals surface area contributed by atoms with E-state index in [4.69, 9.17) is 14.2 Å². The molecule has 0 saturated carbocycles. The number of benzene rings is 3. The fraction of sp³-hybridized carbons (Fsp3) is 0.471.